The summed E-state index contributed by atoms with van der Waals surface area (Å²) >= 11 is 7.97. The standard InChI is InChI=1S/C15H19ClN2OS/c1-20-10-12(6-8-19)18-9-11-4-5-14(16)13-3-2-7-17-15(11)13/h2-5,7,12,18-19H,6,8-10H2,1H3/t12-/m0/s1. The molecular formula is C15H19ClN2OS. The maximum absolute atomic E-state index is 9.09. The lowest BCUT2D eigenvalue weighted by atomic mass is 10.1. The van der Waals surface area contributed by atoms with Crippen LogP contribution in [0.2, 0.25) is 5.02 Å². The molecule has 0 spiro atoms. The summed E-state index contributed by atoms with van der Waals surface area (Å²) in [4.78, 5) is 4.43. The van der Waals surface area contributed by atoms with Crippen LogP contribution in [0.4, 0.5) is 0 Å². The summed E-state index contributed by atoms with van der Waals surface area (Å²) in [6, 6.07) is 8.12. The minimum atomic E-state index is 0.206. The predicted molar refractivity (Wildman–Crippen MR) is 87.5 cm³/mol. The van der Waals surface area contributed by atoms with Gasteiger partial charge in [-0.1, -0.05) is 17.7 Å². The highest BCUT2D eigenvalue weighted by atomic mass is 35.5. The van der Waals surface area contributed by atoms with Crippen molar-refractivity contribution in [2.24, 2.45) is 0 Å². The molecule has 3 nitrogen and oxygen atoms in total. The maximum atomic E-state index is 9.09. The van der Waals surface area contributed by atoms with Gasteiger partial charge in [0.25, 0.3) is 0 Å². The number of aliphatic hydroxyl groups excluding tert-OH is 1. The highest BCUT2D eigenvalue weighted by Crippen LogP contribution is 2.24. The molecule has 0 radical (unpaired) electrons. The monoisotopic (exact) mass is 310 g/mol. The number of nitrogens with zero attached hydrogens (tertiary/aromatic N) is 1. The van der Waals surface area contributed by atoms with E-state index in [1.807, 2.05) is 24.3 Å². The summed E-state index contributed by atoms with van der Waals surface area (Å²) in [5.41, 5.74) is 2.08. The van der Waals surface area contributed by atoms with Gasteiger partial charge in [-0.25, -0.2) is 0 Å². The number of nitrogens with one attached hydrogen (secondary N) is 1. The number of aromatic nitrogens is 1. The highest BCUT2D eigenvalue weighted by molar-refractivity contribution is 7.98. The van der Waals surface area contributed by atoms with Crippen molar-refractivity contribution in [2.75, 3.05) is 18.6 Å². The number of thioether (sulfide) groups is 1. The van der Waals surface area contributed by atoms with Gasteiger partial charge in [-0.05, 0) is 36.4 Å². The van der Waals surface area contributed by atoms with Crippen LogP contribution in [0.3, 0.4) is 0 Å². The van der Waals surface area contributed by atoms with E-state index in [1.54, 1.807) is 18.0 Å². The van der Waals surface area contributed by atoms with Crippen LogP contribution in [-0.4, -0.2) is 34.7 Å². The first-order chi connectivity index (χ1) is 9.76. The van der Waals surface area contributed by atoms with E-state index in [-0.39, 0.29) is 6.61 Å². The predicted octanol–water partition coefficient (Wildman–Crippen LogP) is 3.09. The van der Waals surface area contributed by atoms with Gasteiger partial charge in [0.15, 0.2) is 0 Å². The van der Waals surface area contributed by atoms with Crippen LogP contribution < -0.4 is 5.32 Å². The molecule has 2 N–H and O–H groups in total. The summed E-state index contributed by atoms with van der Waals surface area (Å²) in [5.74, 6) is 0.986. The zero-order chi connectivity index (χ0) is 14.4. The summed E-state index contributed by atoms with van der Waals surface area (Å²) in [6.45, 7) is 0.938. The number of benzene rings is 1. The lowest BCUT2D eigenvalue weighted by molar-refractivity contribution is 0.270. The van der Waals surface area contributed by atoms with Gasteiger partial charge in [0.05, 0.1) is 5.52 Å². The molecule has 0 aliphatic rings. The zero-order valence-electron chi connectivity index (χ0n) is 11.5. The first-order valence-electron chi connectivity index (χ1n) is 6.61. The van der Waals surface area contributed by atoms with Crippen molar-refractivity contribution in [1.29, 1.82) is 0 Å². The first kappa shape index (κ1) is 15.6. The smallest absolute Gasteiger partial charge is 0.0761 e. The Balaban J connectivity index is 2.15. The van der Waals surface area contributed by atoms with Crippen LogP contribution in [0.5, 0.6) is 0 Å². The first-order valence-corrected chi connectivity index (χ1v) is 8.38. The van der Waals surface area contributed by atoms with E-state index < -0.39 is 0 Å². The fraction of sp³-hybridized carbons (Fsp3) is 0.400. The molecule has 2 rings (SSSR count). The SMILES string of the molecule is CSC[C@H](CCO)NCc1ccc(Cl)c2cccnc12. The molecule has 0 aliphatic heterocycles. The molecule has 0 aliphatic carbocycles. The minimum absolute atomic E-state index is 0.206. The number of aliphatic hydroxyl groups is 1. The molecule has 1 aromatic heterocycles. The Kier molecular flexibility index (Phi) is 6.10. The average Bonchev–Trinajstić information content (AvgIpc) is 2.47. The molecule has 0 unspecified atom stereocenters. The topological polar surface area (TPSA) is 45.1 Å². The third-order valence-electron chi connectivity index (χ3n) is 3.23. The van der Waals surface area contributed by atoms with Gasteiger partial charge in [0.1, 0.15) is 0 Å². The third-order valence-corrected chi connectivity index (χ3v) is 4.29. The van der Waals surface area contributed by atoms with Crippen molar-refractivity contribution >= 4 is 34.3 Å². The Hall–Kier alpha value is -0.810. The Labute approximate surface area is 128 Å². The normalized spacial score (nSPS) is 12.8. The van der Waals surface area contributed by atoms with Crippen molar-refractivity contribution in [3.8, 4) is 0 Å². The van der Waals surface area contributed by atoms with Crippen molar-refractivity contribution in [3.05, 3.63) is 41.0 Å². The van der Waals surface area contributed by atoms with Crippen LogP contribution in [0.15, 0.2) is 30.5 Å². The van der Waals surface area contributed by atoms with E-state index in [0.717, 1.165) is 40.2 Å². The molecule has 0 bridgehead atoms. The molecule has 20 heavy (non-hydrogen) atoms. The van der Waals surface area contributed by atoms with Gasteiger partial charge >= 0.3 is 0 Å². The Morgan fingerprint density at radius 1 is 1.40 bits per heavy atom. The maximum Gasteiger partial charge on any atom is 0.0761 e. The Morgan fingerprint density at radius 3 is 3.00 bits per heavy atom. The Morgan fingerprint density at radius 2 is 2.25 bits per heavy atom. The molecule has 1 aromatic carbocycles. The molecule has 0 amide bonds. The van der Waals surface area contributed by atoms with E-state index in [4.69, 9.17) is 16.7 Å². The second kappa shape index (κ2) is 7.84. The molecule has 0 saturated carbocycles. The van der Waals surface area contributed by atoms with Crippen LogP contribution in [0.25, 0.3) is 10.9 Å². The van der Waals surface area contributed by atoms with Crippen molar-refractivity contribution < 1.29 is 5.11 Å². The van der Waals surface area contributed by atoms with Crippen LogP contribution in [0.1, 0.15) is 12.0 Å². The largest absolute Gasteiger partial charge is 0.396 e. The fourth-order valence-electron chi connectivity index (χ4n) is 2.19. The highest BCUT2D eigenvalue weighted by Gasteiger charge is 2.09. The quantitative estimate of drug-likeness (QED) is 0.825. The van der Waals surface area contributed by atoms with Crippen LogP contribution in [-0.2, 0) is 6.54 Å². The summed E-state index contributed by atoms with van der Waals surface area (Å²) in [6.07, 6.45) is 4.63. The molecule has 1 atom stereocenters. The van der Waals surface area contributed by atoms with Gasteiger partial charge in [-0.2, -0.15) is 11.8 Å². The molecule has 0 fully saturated rings. The van der Waals surface area contributed by atoms with Crippen molar-refractivity contribution in [1.82, 2.24) is 10.3 Å². The number of hydrogen-bond acceptors (Lipinski definition) is 4. The van der Waals surface area contributed by atoms with Gasteiger partial charge < -0.3 is 10.4 Å². The van der Waals surface area contributed by atoms with E-state index >= 15 is 0 Å². The average molecular weight is 311 g/mol. The number of rotatable bonds is 7. The summed E-state index contributed by atoms with van der Waals surface area (Å²) in [7, 11) is 0. The van der Waals surface area contributed by atoms with Gasteiger partial charge in [-0.3, -0.25) is 4.98 Å². The molecule has 2 aromatic rings. The fourth-order valence-corrected chi connectivity index (χ4v) is 3.10. The van der Waals surface area contributed by atoms with Crippen molar-refractivity contribution in [2.45, 2.75) is 19.0 Å². The number of hydrogen-bond donors (Lipinski definition) is 2. The van der Waals surface area contributed by atoms with Gasteiger partial charge in [0.2, 0.25) is 0 Å². The van der Waals surface area contributed by atoms with Gasteiger partial charge in [-0.15, -0.1) is 0 Å². The van der Waals surface area contributed by atoms with Gasteiger partial charge in [0, 0.05) is 41.6 Å². The second-order valence-corrected chi connectivity index (χ2v) is 5.97. The summed E-state index contributed by atoms with van der Waals surface area (Å²) in [5, 5.41) is 14.3. The van der Waals surface area contributed by atoms with Crippen LogP contribution in [0, 0.1) is 0 Å². The zero-order valence-corrected chi connectivity index (χ0v) is 13.0. The number of pyridine rings is 1. The van der Waals surface area contributed by atoms with Crippen molar-refractivity contribution in [3.63, 3.8) is 0 Å². The molecule has 1 heterocycles. The molecule has 0 saturated heterocycles. The number of fused-ring (bicyclic) bond motifs is 1. The number of halogens is 1. The van der Waals surface area contributed by atoms with E-state index in [2.05, 4.69) is 16.6 Å². The van der Waals surface area contributed by atoms with E-state index in [1.165, 1.54) is 0 Å². The second-order valence-electron chi connectivity index (χ2n) is 4.65. The van der Waals surface area contributed by atoms with Crippen LogP contribution >= 0.6 is 23.4 Å². The molecular weight excluding hydrogens is 292 g/mol. The molecule has 5 heteroatoms. The summed E-state index contributed by atoms with van der Waals surface area (Å²) < 4.78 is 0. The van der Waals surface area contributed by atoms with E-state index in [9.17, 15) is 0 Å². The molecule has 108 valence electrons. The lowest BCUT2D eigenvalue weighted by Gasteiger charge is -2.17. The van der Waals surface area contributed by atoms with E-state index in [0.29, 0.717) is 6.04 Å². The minimum Gasteiger partial charge on any atom is -0.396 e. The Bertz CT molecular complexity index is 559. The third kappa shape index (κ3) is 3.85. The lowest BCUT2D eigenvalue weighted by Crippen LogP contribution is -2.31.